The smallest absolute Gasteiger partial charge is 0.323 e. The number of nitrogens with one attached hydrogen (secondary N) is 3. The van der Waals surface area contributed by atoms with Gasteiger partial charge in [-0.25, -0.2) is 9.18 Å². The summed E-state index contributed by atoms with van der Waals surface area (Å²) in [4.78, 5) is 29.8. The third-order valence-electron chi connectivity index (χ3n) is 5.00. The maximum atomic E-state index is 14.1. The lowest BCUT2D eigenvalue weighted by Crippen LogP contribution is -2.35. The number of aromatic nitrogens is 1. The Morgan fingerprint density at radius 1 is 1.17 bits per heavy atom. The highest BCUT2D eigenvalue weighted by Gasteiger charge is 2.21. The minimum absolute atomic E-state index is 0.0776. The Kier molecular flexibility index (Phi) is 7.13. The lowest BCUT2D eigenvalue weighted by Gasteiger charge is -2.31. The number of hydrogen-bond donors (Lipinski definition) is 3. The van der Waals surface area contributed by atoms with E-state index in [4.69, 9.17) is 0 Å². The normalized spacial score (nSPS) is 15.0. The van der Waals surface area contributed by atoms with Gasteiger partial charge in [0.05, 0.1) is 11.9 Å². The fraction of sp³-hybridized carbons (Fsp3) is 0.381. The van der Waals surface area contributed by atoms with Gasteiger partial charge in [-0.1, -0.05) is 0 Å². The van der Waals surface area contributed by atoms with E-state index in [1.807, 2.05) is 0 Å². The molecule has 7 nitrogen and oxygen atoms in total. The first-order valence-electron chi connectivity index (χ1n) is 9.72. The van der Waals surface area contributed by atoms with Crippen LogP contribution in [0.15, 0.2) is 42.7 Å². The largest absolute Gasteiger partial charge is 0.359 e. The summed E-state index contributed by atoms with van der Waals surface area (Å²) in [5.41, 5.74) is 1.75. The molecular formula is C21H26FN5O2. The summed E-state index contributed by atoms with van der Waals surface area (Å²) in [7, 11) is 1.66. The number of rotatable bonds is 6. The molecule has 2 heterocycles. The maximum absolute atomic E-state index is 14.1. The third kappa shape index (κ3) is 6.53. The summed E-state index contributed by atoms with van der Waals surface area (Å²) in [6, 6.07) is 7.54. The van der Waals surface area contributed by atoms with Crippen molar-refractivity contribution in [3.63, 3.8) is 0 Å². The van der Waals surface area contributed by atoms with Gasteiger partial charge in [-0.15, -0.1) is 0 Å². The number of anilines is 2. The molecule has 0 atom stereocenters. The quantitative estimate of drug-likeness (QED) is 0.696. The van der Waals surface area contributed by atoms with Gasteiger partial charge in [-0.2, -0.15) is 0 Å². The molecule has 1 aliphatic heterocycles. The molecule has 3 amide bonds. The van der Waals surface area contributed by atoms with E-state index in [1.54, 1.807) is 31.4 Å². The molecule has 1 aromatic carbocycles. The third-order valence-corrected chi connectivity index (χ3v) is 5.00. The number of hydrogen-bond acceptors (Lipinski definition) is 4. The van der Waals surface area contributed by atoms with Crippen molar-refractivity contribution >= 4 is 23.3 Å². The van der Waals surface area contributed by atoms with E-state index >= 15 is 0 Å². The fourth-order valence-electron chi connectivity index (χ4n) is 3.52. The minimum Gasteiger partial charge on any atom is -0.359 e. The van der Waals surface area contributed by atoms with Crippen LogP contribution in [0.1, 0.15) is 24.8 Å². The van der Waals surface area contributed by atoms with Gasteiger partial charge in [-0.3, -0.25) is 14.7 Å². The van der Waals surface area contributed by atoms with Crippen molar-refractivity contribution in [3.05, 3.63) is 54.1 Å². The highest BCUT2D eigenvalue weighted by Crippen LogP contribution is 2.23. The van der Waals surface area contributed by atoms with E-state index in [2.05, 4.69) is 25.8 Å². The zero-order valence-electron chi connectivity index (χ0n) is 16.5. The Balaban J connectivity index is 1.54. The van der Waals surface area contributed by atoms with Crippen LogP contribution >= 0.6 is 0 Å². The summed E-state index contributed by atoms with van der Waals surface area (Å²) in [6.45, 7) is 2.33. The Morgan fingerprint density at radius 3 is 2.62 bits per heavy atom. The zero-order chi connectivity index (χ0) is 20.6. The van der Waals surface area contributed by atoms with E-state index in [9.17, 15) is 14.0 Å². The van der Waals surface area contributed by atoms with Crippen LogP contribution in [0.25, 0.3) is 0 Å². The second-order valence-electron chi connectivity index (χ2n) is 7.27. The van der Waals surface area contributed by atoms with Crippen molar-refractivity contribution in [2.45, 2.75) is 25.8 Å². The van der Waals surface area contributed by atoms with Gasteiger partial charge in [-0.05, 0) is 67.7 Å². The Bertz CT molecular complexity index is 838. The second kappa shape index (κ2) is 9.97. The van der Waals surface area contributed by atoms with Crippen LogP contribution in [0.4, 0.5) is 20.6 Å². The van der Waals surface area contributed by atoms with Gasteiger partial charge in [0.1, 0.15) is 5.82 Å². The number of piperidine rings is 1. The molecule has 29 heavy (non-hydrogen) atoms. The van der Waals surface area contributed by atoms with Crippen LogP contribution in [-0.4, -0.2) is 42.0 Å². The molecular weight excluding hydrogens is 373 g/mol. The lowest BCUT2D eigenvalue weighted by molar-refractivity contribution is -0.121. The molecule has 0 saturated carbocycles. The van der Waals surface area contributed by atoms with Gasteiger partial charge >= 0.3 is 6.03 Å². The van der Waals surface area contributed by atoms with Crippen molar-refractivity contribution in [2.24, 2.45) is 5.92 Å². The van der Waals surface area contributed by atoms with Gasteiger partial charge in [0, 0.05) is 31.9 Å². The van der Waals surface area contributed by atoms with Crippen molar-refractivity contribution in [2.75, 3.05) is 30.8 Å². The van der Waals surface area contributed by atoms with Gasteiger partial charge in [0.15, 0.2) is 0 Å². The molecule has 3 rings (SSSR count). The SMILES string of the molecule is CNC(=O)CC1CCN(Cc2cc(F)cc(NC(=O)Nc3cccnc3)c2)CC1. The molecule has 2 aromatic rings. The summed E-state index contributed by atoms with van der Waals surface area (Å²) < 4.78 is 14.1. The molecule has 8 heteroatoms. The first-order chi connectivity index (χ1) is 14.0. The average Bonchev–Trinajstić information content (AvgIpc) is 2.69. The summed E-state index contributed by atoms with van der Waals surface area (Å²) >= 11 is 0. The monoisotopic (exact) mass is 399 g/mol. The molecule has 154 valence electrons. The number of amides is 3. The van der Waals surface area contributed by atoms with E-state index in [0.29, 0.717) is 30.3 Å². The van der Waals surface area contributed by atoms with Crippen LogP contribution in [0.2, 0.25) is 0 Å². The number of pyridine rings is 1. The number of benzene rings is 1. The van der Waals surface area contributed by atoms with E-state index in [0.717, 1.165) is 31.5 Å². The summed E-state index contributed by atoms with van der Waals surface area (Å²) in [5.74, 6) is 0.0784. The first kappa shape index (κ1) is 20.7. The van der Waals surface area contributed by atoms with E-state index in [1.165, 1.54) is 18.3 Å². The number of halogens is 1. The van der Waals surface area contributed by atoms with Crippen molar-refractivity contribution in [1.82, 2.24) is 15.2 Å². The lowest BCUT2D eigenvalue weighted by atomic mass is 9.93. The van der Waals surface area contributed by atoms with E-state index in [-0.39, 0.29) is 5.91 Å². The van der Waals surface area contributed by atoms with Crippen LogP contribution in [-0.2, 0) is 11.3 Å². The molecule has 1 aliphatic rings. The summed E-state index contributed by atoms with van der Waals surface area (Å²) in [6.07, 6.45) is 5.60. The van der Waals surface area contributed by atoms with Crippen LogP contribution in [0.3, 0.4) is 0 Å². The Labute approximate surface area is 169 Å². The molecule has 3 N–H and O–H groups in total. The molecule has 1 fully saturated rings. The number of nitrogens with zero attached hydrogens (tertiary/aromatic N) is 2. The standard InChI is InChI=1S/C21H26FN5O2/c1-23-20(28)11-15-4-7-27(8-5-15)14-16-9-17(22)12-19(10-16)26-21(29)25-18-3-2-6-24-13-18/h2-3,6,9-10,12-13,15H,4-5,7-8,11,14H2,1H3,(H,23,28)(H2,25,26,29). The van der Waals surface area contributed by atoms with Crippen LogP contribution in [0, 0.1) is 11.7 Å². The van der Waals surface area contributed by atoms with Gasteiger partial charge in [0.25, 0.3) is 0 Å². The van der Waals surface area contributed by atoms with Crippen molar-refractivity contribution in [1.29, 1.82) is 0 Å². The van der Waals surface area contributed by atoms with Crippen LogP contribution < -0.4 is 16.0 Å². The Morgan fingerprint density at radius 2 is 1.93 bits per heavy atom. The van der Waals surface area contributed by atoms with E-state index < -0.39 is 11.8 Å². The highest BCUT2D eigenvalue weighted by molar-refractivity contribution is 5.99. The number of likely N-dealkylation sites (tertiary alicyclic amines) is 1. The molecule has 1 saturated heterocycles. The molecule has 1 aromatic heterocycles. The number of carbonyl (C=O) groups is 2. The number of urea groups is 1. The molecule has 0 bridgehead atoms. The first-order valence-corrected chi connectivity index (χ1v) is 9.72. The predicted molar refractivity (Wildman–Crippen MR) is 110 cm³/mol. The highest BCUT2D eigenvalue weighted by atomic mass is 19.1. The van der Waals surface area contributed by atoms with Crippen molar-refractivity contribution in [3.8, 4) is 0 Å². The summed E-state index contributed by atoms with van der Waals surface area (Å²) in [5, 5.41) is 7.99. The fourth-order valence-corrected chi connectivity index (χ4v) is 3.52. The predicted octanol–water partition coefficient (Wildman–Crippen LogP) is 3.21. The van der Waals surface area contributed by atoms with Crippen LogP contribution in [0.5, 0.6) is 0 Å². The minimum atomic E-state index is -0.454. The second-order valence-corrected chi connectivity index (χ2v) is 7.27. The maximum Gasteiger partial charge on any atom is 0.323 e. The van der Waals surface area contributed by atoms with Gasteiger partial charge < -0.3 is 16.0 Å². The van der Waals surface area contributed by atoms with Gasteiger partial charge in [0.2, 0.25) is 5.91 Å². The molecule has 0 radical (unpaired) electrons. The topological polar surface area (TPSA) is 86.4 Å². The molecule has 0 spiro atoms. The zero-order valence-corrected chi connectivity index (χ0v) is 16.5. The molecule has 0 unspecified atom stereocenters. The number of carbonyl (C=O) groups excluding carboxylic acids is 2. The Hall–Kier alpha value is -3.00. The molecule has 0 aliphatic carbocycles. The average molecular weight is 399 g/mol. The van der Waals surface area contributed by atoms with Crippen molar-refractivity contribution < 1.29 is 14.0 Å².